The second kappa shape index (κ2) is 13.5. The Morgan fingerprint density at radius 2 is 1.24 bits per heavy atom. The number of aromatic carboxylic acids is 2. The summed E-state index contributed by atoms with van der Waals surface area (Å²) in [5.74, 6) is -5.62. The molecule has 3 N–H and O–H groups in total. The molecule has 0 aliphatic carbocycles. The molecule has 2 heterocycles. The second-order valence-corrected chi connectivity index (χ2v) is 9.50. The summed E-state index contributed by atoms with van der Waals surface area (Å²) in [5, 5.41) is 16.8. The third-order valence-electron chi connectivity index (χ3n) is 5.08. The van der Waals surface area contributed by atoms with Crippen molar-refractivity contribution in [2.45, 2.75) is 0 Å². The van der Waals surface area contributed by atoms with Crippen molar-refractivity contribution < 1.29 is 38.1 Å². The average molecular weight is 685 g/mol. The third-order valence-corrected chi connectivity index (χ3v) is 6.76. The Kier molecular flexibility index (Phi) is 10.5. The third kappa shape index (κ3) is 6.66. The standard InChI is InChI=1S/C12H6Cl3FN2O3.C12H7Cl2FN2O4/c1-21-9-5(13)3-2-4(7(9)16)11-17-8(12(19)20)6(14)10(15)18-11;1-21-9-5(13)3-2-4(7(9)15)10-16-8(12(19)20)6(14)11(18)17-10/h2-3H,1H3,(H,19,20);2-3H,1H3,(H,19,20)(H,16,17,18). The van der Waals surface area contributed by atoms with Gasteiger partial charge in [-0.3, -0.25) is 4.79 Å². The normalized spacial score (nSPS) is 10.5. The molecule has 0 spiro atoms. The average Bonchev–Trinajstić information content (AvgIpc) is 2.92. The van der Waals surface area contributed by atoms with E-state index in [1.165, 1.54) is 38.5 Å². The molecule has 42 heavy (non-hydrogen) atoms. The zero-order valence-corrected chi connectivity index (χ0v) is 24.5. The van der Waals surface area contributed by atoms with E-state index in [9.17, 15) is 23.2 Å². The van der Waals surface area contributed by atoms with Gasteiger partial charge in [-0.15, -0.1) is 0 Å². The molecule has 0 aliphatic heterocycles. The van der Waals surface area contributed by atoms with Gasteiger partial charge in [0.25, 0.3) is 5.56 Å². The molecule has 0 saturated carbocycles. The summed E-state index contributed by atoms with van der Waals surface area (Å²) in [6.45, 7) is 0. The van der Waals surface area contributed by atoms with Crippen molar-refractivity contribution in [2.75, 3.05) is 14.2 Å². The van der Waals surface area contributed by atoms with Crippen LogP contribution >= 0.6 is 58.0 Å². The molecule has 0 amide bonds. The maximum Gasteiger partial charge on any atom is 0.356 e. The molecule has 220 valence electrons. The van der Waals surface area contributed by atoms with E-state index < -0.39 is 45.5 Å². The van der Waals surface area contributed by atoms with Gasteiger partial charge in [-0.1, -0.05) is 58.0 Å². The lowest BCUT2D eigenvalue weighted by atomic mass is 10.1. The lowest BCUT2D eigenvalue weighted by molar-refractivity contribution is 0.0680. The van der Waals surface area contributed by atoms with Gasteiger partial charge < -0.3 is 24.7 Å². The summed E-state index contributed by atoms with van der Waals surface area (Å²) < 4.78 is 38.1. The van der Waals surface area contributed by atoms with Crippen LogP contribution in [0, 0.1) is 11.6 Å². The molecule has 4 rings (SSSR count). The van der Waals surface area contributed by atoms with Crippen LogP contribution in [-0.4, -0.2) is 56.3 Å². The van der Waals surface area contributed by atoms with Crippen LogP contribution in [0.3, 0.4) is 0 Å². The van der Waals surface area contributed by atoms with Crippen molar-refractivity contribution in [3.63, 3.8) is 0 Å². The summed E-state index contributed by atoms with van der Waals surface area (Å²) in [7, 11) is 2.46. The maximum atomic E-state index is 14.3. The molecule has 0 aliphatic rings. The first-order valence-electron chi connectivity index (χ1n) is 10.8. The molecular weight excluding hydrogens is 672 g/mol. The van der Waals surface area contributed by atoms with E-state index in [0.717, 1.165) is 0 Å². The SMILES string of the molecule is COc1c(Cl)ccc(-c2nc(C(=O)O)c(Cl)c(=O)[nH]2)c1F.COc1c(Cl)ccc(-c2nc(Cl)c(Cl)c(C(=O)O)n2)c1F. The molecule has 11 nitrogen and oxygen atoms in total. The molecule has 0 fully saturated rings. The van der Waals surface area contributed by atoms with Crippen molar-refractivity contribution >= 4 is 69.9 Å². The summed E-state index contributed by atoms with van der Waals surface area (Å²) in [6.07, 6.45) is 0. The molecule has 2 aromatic heterocycles. The van der Waals surface area contributed by atoms with Crippen LogP contribution in [0.25, 0.3) is 22.8 Å². The topological polar surface area (TPSA) is 165 Å². The van der Waals surface area contributed by atoms with E-state index >= 15 is 0 Å². The monoisotopic (exact) mass is 682 g/mol. The fourth-order valence-electron chi connectivity index (χ4n) is 3.20. The lowest BCUT2D eigenvalue weighted by Gasteiger charge is -2.09. The largest absolute Gasteiger partial charge is 0.492 e. The predicted octanol–water partition coefficient (Wildman–Crippen LogP) is 6.54. The van der Waals surface area contributed by atoms with E-state index in [0.29, 0.717) is 0 Å². The predicted molar refractivity (Wildman–Crippen MR) is 150 cm³/mol. The van der Waals surface area contributed by atoms with Crippen molar-refractivity contribution in [1.82, 2.24) is 19.9 Å². The summed E-state index contributed by atoms with van der Waals surface area (Å²) in [6, 6.07) is 5.21. The highest BCUT2D eigenvalue weighted by molar-refractivity contribution is 6.42. The minimum absolute atomic E-state index is 0.0218. The highest BCUT2D eigenvalue weighted by Crippen LogP contribution is 2.36. The van der Waals surface area contributed by atoms with Crippen LogP contribution in [0.2, 0.25) is 25.2 Å². The molecule has 0 atom stereocenters. The van der Waals surface area contributed by atoms with E-state index in [1.54, 1.807) is 0 Å². The van der Waals surface area contributed by atoms with Crippen LogP contribution in [0.4, 0.5) is 8.78 Å². The first-order chi connectivity index (χ1) is 19.7. The number of rotatable bonds is 6. The molecule has 0 unspecified atom stereocenters. The molecule has 18 heteroatoms. The van der Waals surface area contributed by atoms with Gasteiger partial charge in [0.2, 0.25) is 0 Å². The number of hydrogen-bond donors (Lipinski definition) is 3. The fourth-order valence-corrected chi connectivity index (χ4v) is 4.16. The zero-order valence-electron chi connectivity index (χ0n) is 20.7. The highest BCUT2D eigenvalue weighted by Gasteiger charge is 2.23. The minimum atomic E-state index is -1.51. The number of nitrogens with one attached hydrogen (secondary N) is 1. The quantitative estimate of drug-likeness (QED) is 0.190. The van der Waals surface area contributed by atoms with E-state index in [1.807, 2.05) is 0 Å². The van der Waals surface area contributed by atoms with Crippen molar-refractivity contribution in [3.05, 3.63) is 82.9 Å². The van der Waals surface area contributed by atoms with Gasteiger partial charge in [0.05, 0.1) is 35.4 Å². The molecule has 0 saturated heterocycles. The smallest absolute Gasteiger partial charge is 0.356 e. The number of ether oxygens (including phenoxy) is 2. The second-order valence-electron chi connectivity index (χ2n) is 7.57. The fraction of sp³-hybridized carbons (Fsp3) is 0.0833. The number of halogens is 7. The van der Waals surface area contributed by atoms with Gasteiger partial charge in [-0.2, -0.15) is 0 Å². The number of carbonyl (C=O) groups is 2. The van der Waals surface area contributed by atoms with Crippen molar-refractivity contribution in [1.29, 1.82) is 0 Å². The van der Waals surface area contributed by atoms with Crippen molar-refractivity contribution in [2.24, 2.45) is 0 Å². The Morgan fingerprint density at radius 3 is 1.74 bits per heavy atom. The lowest BCUT2D eigenvalue weighted by Crippen LogP contribution is -2.16. The molecular formula is C24H13Cl5F2N4O7. The maximum absolute atomic E-state index is 14.3. The molecule has 4 aromatic rings. The van der Waals surface area contributed by atoms with Gasteiger partial charge in [0, 0.05) is 0 Å². The van der Waals surface area contributed by atoms with E-state index in [-0.39, 0.29) is 54.5 Å². The van der Waals surface area contributed by atoms with Gasteiger partial charge in [-0.05, 0) is 24.3 Å². The summed E-state index contributed by atoms with van der Waals surface area (Å²) in [4.78, 5) is 46.9. The number of methoxy groups -OCH3 is 2. The van der Waals surface area contributed by atoms with Crippen LogP contribution < -0.4 is 15.0 Å². The number of aromatic amines is 1. The number of benzene rings is 2. The zero-order chi connectivity index (χ0) is 31.5. The van der Waals surface area contributed by atoms with Crippen LogP contribution in [-0.2, 0) is 0 Å². The Labute approximate surface area is 258 Å². The Bertz CT molecular complexity index is 1790. The summed E-state index contributed by atoms with van der Waals surface area (Å²) >= 11 is 28.5. The first-order valence-corrected chi connectivity index (χ1v) is 12.7. The van der Waals surface area contributed by atoms with Crippen LogP contribution in [0.15, 0.2) is 29.1 Å². The van der Waals surface area contributed by atoms with Crippen LogP contribution in [0.5, 0.6) is 11.5 Å². The molecule has 0 bridgehead atoms. The number of nitrogens with zero attached hydrogens (tertiary/aromatic N) is 3. The van der Waals surface area contributed by atoms with Gasteiger partial charge in [0.15, 0.2) is 45.5 Å². The molecule has 2 aromatic carbocycles. The number of hydrogen-bond acceptors (Lipinski definition) is 8. The van der Waals surface area contributed by atoms with E-state index in [4.69, 9.17) is 77.7 Å². The van der Waals surface area contributed by atoms with Gasteiger partial charge in [0.1, 0.15) is 15.9 Å². The highest BCUT2D eigenvalue weighted by atomic mass is 35.5. The Balaban J connectivity index is 0.000000230. The van der Waals surface area contributed by atoms with Crippen molar-refractivity contribution in [3.8, 4) is 34.3 Å². The van der Waals surface area contributed by atoms with Crippen LogP contribution in [0.1, 0.15) is 21.0 Å². The van der Waals surface area contributed by atoms with E-state index in [2.05, 4.69) is 19.9 Å². The first kappa shape index (κ1) is 32.8. The minimum Gasteiger partial charge on any atom is -0.492 e. The Hall–Kier alpha value is -3.75. The van der Waals surface area contributed by atoms with Gasteiger partial charge in [-0.25, -0.2) is 33.3 Å². The number of aromatic nitrogens is 4. The summed E-state index contributed by atoms with van der Waals surface area (Å²) in [5.41, 5.74) is -2.39. The number of H-pyrrole nitrogens is 1. The Morgan fingerprint density at radius 1 is 0.762 bits per heavy atom. The number of carboxylic acids is 2. The number of carboxylic acid groups (broad SMARTS) is 2. The molecule has 0 radical (unpaired) electrons. The van der Waals surface area contributed by atoms with Gasteiger partial charge >= 0.3 is 11.9 Å².